The minimum absolute atomic E-state index is 0.287. The minimum Gasteiger partial charge on any atom is -0.352 e. The van der Waals surface area contributed by atoms with Gasteiger partial charge in [-0.05, 0) is 47.0 Å². The van der Waals surface area contributed by atoms with Crippen molar-refractivity contribution in [3.63, 3.8) is 0 Å². The second-order valence-electron chi connectivity index (χ2n) is 8.88. The largest absolute Gasteiger partial charge is 0.352 e. The Bertz CT molecular complexity index is 1250. The summed E-state index contributed by atoms with van der Waals surface area (Å²) >= 11 is 5.38. The number of rotatable bonds is 6. The van der Waals surface area contributed by atoms with E-state index in [-0.39, 0.29) is 11.9 Å². The molecule has 176 valence electrons. The SMILES string of the molecule is CC1(C)C(=O)NC(=O)N1CCNc1ncc(Br)c(-c2cc3c(s2)C(c2ccccc2)CNC3)n1. The monoisotopic (exact) mass is 540 g/mol. The van der Waals surface area contributed by atoms with Gasteiger partial charge in [0.05, 0.1) is 15.0 Å². The predicted molar refractivity (Wildman–Crippen MR) is 136 cm³/mol. The van der Waals surface area contributed by atoms with Crippen molar-refractivity contribution >= 4 is 45.2 Å². The van der Waals surface area contributed by atoms with Crippen LogP contribution in [0.4, 0.5) is 10.7 Å². The van der Waals surface area contributed by atoms with Gasteiger partial charge < -0.3 is 15.5 Å². The quantitative estimate of drug-likeness (QED) is 0.409. The highest BCUT2D eigenvalue weighted by molar-refractivity contribution is 9.10. The lowest BCUT2D eigenvalue weighted by Crippen LogP contribution is -2.46. The highest BCUT2D eigenvalue weighted by Gasteiger charge is 2.45. The van der Waals surface area contributed by atoms with Crippen LogP contribution in [0.1, 0.15) is 35.8 Å². The van der Waals surface area contributed by atoms with Crippen LogP contribution in [0.2, 0.25) is 0 Å². The van der Waals surface area contributed by atoms with E-state index in [1.807, 2.05) is 6.07 Å². The zero-order chi connectivity index (χ0) is 23.9. The average molecular weight is 541 g/mol. The summed E-state index contributed by atoms with van der Waals surface area (Å²) in [6, 6.07) is 12.4. The fourth-order valence-electron chi connectivity index (χ4n) is 4.37. The molecule has 1 atom stereocenters. The fourth-order valence-corrected chi connectivity index (χ4v) is 6.22. The molecule has 0 radical (unpaired) electrons. The van der Waals surface area contributed by atoms with Crippen LogP contribution in [0.25, 0.3) is 10.6 Å². The summed E-state index contributed by atoms with van der Waals surface area (Å²) in [7, 11) is 0. The molecule has 0 spiro atoms. The minimum atomic E-state index is -0.871. The van der Waals surface area contributed by atoms with E-state index in [0.29, 0.717) is 25.0 Å². The van der Waals surface area contributed by atoms with Crippen LogP contribution >= 0.6 is 27.3 Å². The normalized spacial score (nSPS) is 19.1. The van der Waals surface area contributed by atoms with Crippen LogP contribution in [0, 0.1) is 0 Å². The third kappa shape index (κ3) is 4.21. The maximum atomic E-state index is 12.1. The summed E-state index contributed by atoms with van der Waals surface area (Å²) < 4.78 is 0.825. The number of halogens is 1. The first-order valence-electron chi connectivity index (χ1n) is 11.1. The smallest absolute Gasteiger partial charge is 0.325 e. The number of fused-ring (bicyclic) bond motifs is 1. The van der Waals surface area contributed by atoms with Gasteiger partial charge in [-0.15, -0.1) is 11.3 Å². The molecule has 0 saturated carbocycles. The van der Waals surface area contributed by atoms with Gasteiger partial charge in [0.1, 0.15) is 5.54 Å². The van der Waals surface area contributed by atoms with E-state index in [1.54, 1.807) is 31.4 Å². The zero-order valence-electron chi connectivity index (χ0n) is 18.9. The van der Waals surface area contributed by atoms with Crippen molar-refractivity contribution in [1.82, 2.24) is 25.5 Å². The number of nitrogens with zero attached hydrogens (tertiary/aromatic N) is 3. The fraction of sp³-hybridized carbons (Fsp3) is 0.333. The molecule has 1 unspecified atom stereocenters. The Morgan fingerprint density at radius 2 is 2.06 bits per heavy atom. The van der Waals surface area contributed by atoms with E-state index in [2.05, 4.69) is 67.2 Å². The molecule has 0 aliphatic carbocycles. The summed E-state index contributed by atoms with van der Waals surface area (Å²) in [6.45, 7) is 6.01. The molecule has 2 aliphatic rings. The number of hydrogen-bond acceptors (Lipinski definition) is 7. The Hall–Kier alpha value is -2.82. The molecule has 0 bridgehead atoms. The molecular formula is C24H25BrN6O2S. The Kier molecular flexibility index (Phi) is 6.13. The second kappa shape index (κ2) is 9.09. The van der Waals surface area contributed by atoms with Crippen LogP contribution in [0.3, 0.4) is 0 Å². The van der Waals surface area contributed by atoms with Crippen LogP contribution < -0.4 is 16.0 Å². The van der Waals surface area contributed by atoms with Gasteiger partial charge in [-0.25, -0.2) is 14.8 Å². The third-order valence-electron chi connectivity index (χ3n) is 6.32. The van der Waals surface area contributed by atoms with Gasteiger partial charge in [0.15, 0.2) is 0 Å². The number of imide groups is 1. The lowest BCUT2D eigenvalue weighted by atomic mass is 9.92. The Morgan fingerprint density at radius 3 is 2.79 bits per heavy atom. The Balaban J connectivity index is 1.34. The van der Waals surface area contributed by atoms with Crippen molar-refractivity contribution in [3.05, 3.63) is 63.1 Å². The van der Waals surface area contributed by atoms with E-state index in [4.69, 9.17) is 4.98 Å². The van der Waals surface area contributed by atoms with E-state index < -0.39 is 5.54 Å². The van der Waals surface area contributed by atoms with Crippen molar-refractivity contribution in [2.24, 2.45) is 0 Å². The molecule has 5 rings (SSSR count). The molecule has 34 heavy (non-hydrogen) atoms. The van der Waals surface area contributed by atoms with Gasteiger partial charge in [-0.1, -0.05) is 30.3 Å². The number of aromatic nitrogens is 2. The lowest BCUT2D eigenvalue weighted by molar-refractivity contribution is -0.125. The third-order valence-corrected chi connectivity index (χ3v) is 8.19. The number of urea groups is 1. The summed E-state index contributed by atoms with van der Waals surface area (Å²) in [4.78, 5) is 37.1. The van der Waals surface area contributed by atoms with Crippen LogP contribution in [-0.2, 0) is 11.3 Å². The zero-order valence-corrected chi connectivity index (χ0v) is 21.3. The van der Waals surface area contributed by atoms with E-state index in [9.17, 15) is 9.59 Å². The summed E-state index contributed by atoms with van der Waals surface area (Å²) in [5.74, 6) is 0.510. The van der Waals surface area contributed by atoms with Gasteiger partial charge in [0.25, 0.3) is 5.91 Å². The molecule has 3 N–H and O–H groups in total. The van der Waals surface area contributed by atoms with Crippen molar-refractivity contribution in [1.29, 1.82) is 0 Å². The molecule has 1 fully saturated rings. The van der Waals surface area contributed by atoms with E-state index in [1.165, 1.54) is 20.9 Å². The molecule has 2 aliphatic heterocycles. The van der Waals surface area contributed by atoms with Crippen LogP contribution in [0.15, 0.2) is 47.1 Å². The number of carbonyl (C=O) groups excluding carboxylic acids is 2. The Labute approximate surface area is 210 Å². The van der Waals surface area contributed by atoms with Gasteiger partial charge >= 0.3 is 6.03 Å². The first-order valence-corrected chi connectivity index (χ1v) is 12.7. The molecule has 10 heteroatoms. The molecule has 3 aromatic rings. The Morgan fingerprint density at radius 1 is 1.26 bits per heavy atom. The van der Waals surface area contributed by atoms with Gasteiger partial charge in [-0.3, -0.25) is 10.1 Å². The average Bonchev–Trinajstić information content (AvgIpc) is 3.34. The first kappa shape index (κ1) is 22.9. The van der Waals surface area contributed by atoms with Crippen molar-refractivity contribution in [2.75, 3.05) is 25.0 Å². The van der Waals surface area contributed by atoms with Crippen LogP contribution in [0.5, 0.6) is 0 Å². The molecule has 4 heterocycles. The maximum Gasteiger partial charge on any atom is 0.325 e. The van der Waals surface area contributed by atoms with E-state index >= 15 is 0 Å². The second-order valence-corrected chi connectivity index (χ2v) is 10.8. The molecule has 2 aromatic heterocycles. The lowest BCUT2D eigenvalue weighted by Gasteiger charge is -2.27. The van der Waals surface area contributed by atoms with Crippen molar-refractivity contribution in [2.45, 2.75) is 31.8 Å². The van der Waals surface area contributed by atoms with Crippen LogP contribution in [-0.4, -0.2) is 52.0 Å². The summed E-state index contributed by atoms with van der Waals surface area (Å²) in [5.41, 5.74) is 2.56. The molecule has 3 amide bonds. The number of amides is 3. The standard InChI is InChI=1S/C24H25BrN6O2S/c1-24(2)21(32)30-23(33)31(24)9-8-27-22-28-13-17(25)19(29-22)18-10-15-11-26-12-16(20(15)34-18)14-6-4-3-5-7-14/h3-7,10,13,16,26H,8-9,11-12H2,1-2H3,(H,27,28,29)(H,30,32,33). The van der Waals surface area contributed by atoms with Gasteiger partial charge in [0.2, 0.25) is 5.95 Å². The van der Waals surface area contributed by atoms with Gasteiger partial charge in [-0.2, -0.15) is 0 Å². The van der Waals surface area contributed by atoms with Gasteiger partial charge in [0, 0.05) is 43.2 Å². The number of hydrogen-bond donors (Lipinski definition) is 3. The molecule has 8 nitrogen and oxygen atoms in total. The van der Waals surface area contributed by atoms with E-state index in [0.717, 1.165) is 28.1 Å². The topological polar surface area (TPSA) is 99.3 Å². The van der Waals surface area contributed by atoms with Crippen molar-refractivity contribution < 1.29 is 9.59 Å². The number of nitrogens with one attached hydrogen (secondary N) is 3. The number of thiophene rings is 1. The predicted octanol–water partition coefficient (Wildman–Crippen LogP) is 3.95. The number of anilines is 1. The van der Waals surface area contributed by atoms with Crippen molar-refractivity contribution in [3.8, 4) is 10.6 Å². The molecular weight excluding hydrogens is 516 g/mol. The molecule has 1 saturated heterocycles. The highest BCUT2D eigenvalue weighted by atomic mass is 79.9. The summed E-state index contributed by atoms with van der Waals surface area (Å²) in [6.07, 6.45) is 1.74. The first-order chi connectivity index (χ1) is 16.3. The number of benzene rings is 1. The highest BCUT2D eigenvalue weighted by Crippen LogP contribution is 2.41. The molecule has 1 aromatic carbocycles. The summed E-state index contributed by atoms with van der Waals surface area (Å²) in [5, 5.41) is 9.09. The maximum absolute atomic E-state index is 12.1. The number of carbonyl (C=O) groups is 2.